The van der Waals surface area contributed by atoms with E-state index in [9.17, 15) is 9.59 Å². The van der Waals surface area contributed by atoms with Crippen LogP contribution < -0.4 is 0 Å². The molecule has 2 heterocycles. The Morgan fingerprint density at radius 3 is 2.70 bits per heavy atom. The van der Waals surface area contributed by atoms with Crippen molar-refractivity contribution in [2.75, 3.05) is 13.1 Å². The van der Waals surface area contributed by atoms with Gasteiger partial charge in [0.15, 0.2) is 5.82 Å². The van der Waals surface area contributed by atoms with Gasteiger partial charge >= 0.3 is 12.1 Å². The summed E-state index contributed by atoms with van der Waals surface area (Å²) < 4.78 is 20.5. The van der Waals surface area contributed by atoms with Crippen LogP contribution in [0.2, 0.25) is 5.02 Å². The number of carbonyl (C=O) groups excluding carboxylic acids is 1. The molecule has 2 aromatic rings. The largest absolute Gasteiger partial charge is 0.477 e. The van der Waals surface area contributed by atoms with E-state index < -0.39 is 23.5 Å². The van der Waals surface area contributed by atoms with Crippen molar-refractivity contribution in [1.29, 1.82) is 0 Å². The smallest absolute Gasteiger partial charge is 0.410 e. The van der Waals surface area contributed by atoms with Crippen molar-refractivity contribution in [2.24, 2.45) is 0 Å². The zero-order chi connectivity index (χ0) is 19.9. The van der Waals surface area contributed by atoms with Crippen molar-refractivity contribution in [3.05, 3.63) is 34.2 Å². The first-order valence-corrected chi connectivity index (χ1v) is 9.16. The van der Waals surface area contributed by atoms with E-state index in [2.05, 4.69) is 4.98 Å². The lowest BCUT2D eigenvalue weighted by atomic mass is 9.90. The summed E-state index contributed by atoms with van der Waals surface area (Å²) in [5, 5.41) is 9.73. The Labute approximate surface area is 161 Å². The molecule has 1 aromatic carbocycles. The van der Waals surface area contributed by atoms with Gasteiger partial charge in [0.25, 0.3) is 0 Å². The highest BCUT2D eigenvalue weighted by atomic mass is 35.5. The van der Waals surface area contributed by atoms with E-state index in [1.165, 1.54) is 12.1 Å². The van der Waals surface area contributed by atoms with Crippen molar-refractivity contribution in [2.45, 2.75) is 45.1 Å². The Morgan fingerprint density at radius 2 is 2.07 bits per heavy atom. The fourth-order valence-electron chi connectivity index (χ4n) is 3.37. The number of benzene rings is 1. The molecule has 3 rings (SSSR count). The molecule has 146 valence electrons. The molecule has 1 fully saturated rings. The Hall–Kier alpha value is -2.28. The van der Waals surface area contributed by atoms with Gasteiger partial charge < -0.3 is 19.7 Å². The number of carboxylic acids is 1. The average Bonchev–Trinajstić information content (AvgIpc) is 3.03. The van der Waals surface area contributed by atoms with E-state index >= 15 is 4.39 Å². The molecule has 27 heavy (non-hydrogen) atoms. The van der Waals surface area contributed by atoms with Crippen LogP contribution in [-0.4, -0.2) is 45.7 Å². The monoisotopic (exact) mass is 396 g/mol. The molecule has 8 heteroatoms. The summed E-state index contributed by atoms with van der Waals surface area (Å²) in [4.78, 5) is 27.7. The number of piperidine rings is 1. The zero-order valence-corrected chi connectivity index (χ0v) is 16.2. The molecule has 0 aliphatic carbocycles. The third kappa shape index (κ3) is 4.03. The first-order chi connectivity index (χ1) is 12.6. The Bertz CT molecular complexity index is 903. The van der Waals surface area contributed by atoms with E-state index in [1.807, 2.05) is 0 Å². The number of rotatable bonds is 2. The first-order valence-electron chi connectivity index (χ1n) is 8.78. The number of nitrogens with one attached hydrogen (secondary N) is 1. The number of nitrogens with zero attached hydrogens (tertiary/aromatic N) is 1. The fourth-order valence-corrected chi connectivity index (χ4v) is 3.64. The number of aromatic amines is 1. The SMILES string of the molecule is CC(C)(C)OC(=O)N1CCCC(c2cc(Cl)c3cc(C(=O)O)[nH]c3c2F)C1. The van der Waals surface area contributed by atoms with Crippen LogP contribution in [0.3, 0.4) is 0 Å². The number of likely N-dealkylation sites (tertiary alicyclic amines) is 1. The van der Waals surface area contributed by atoms with Crippen LogP contribution in [0.15, 0.2) is 12.1 Å². The average molecular weight is 397 g/mol. The Morgan fingerprint density at radius 1 is 1.37 bits per heavy atom. The van der Waals surface area contributed by atoms with Gasteiger partial charge in [0.1, 0.15) is 11.3 Å². The number of hydrogen-bond acceptors (Lipinski definition) is 3. The summed E-state index contributed by atoms with van der Waals surface area (Å²) >= 11 is 6.27. The van der Waals surface area contributed by atoms with E-state index in [0.29, 0.717) is 36.9 Å². The van der Waals surface area contributed by atoms with Crippen LogP contribution in [0, 0.1) is 5.82 Å². The molecule has 1 amide bonds. The lowest BCUT2D eigenvalue weighted by Gasteiger charge is -2.34. The van der Waals surface area contributed by atoms with Gasteiger partial charge in [0.2, 0.25) is 0 Å². The Kier molecular flexibility index (Phi) is 5.08. The number of halogens is 2. The summed E-state index contributed by atoms with van der Waals surface area (Å²) in [6.45, 7) is 6.26. The lowest BCUT2D eigenvalue weighted by molar-refractivity contribution is 0.0197. The minimum Gasteiger partial charge on any atom is -0.477 e. The maximum atomic E-state index is 15.1. The topological polar surface area (TPSA) is 82.6 Å². The molecule has 0 bridgehead atoms. The van der Waals surface area contributed by atoms with E-state index in [1.54, 1.807) is 25.7 Å². The van der Waals surface area contributed by atoms with Crippen LogP contribution in [0.5, 0.6) is 0 Å². The fraction of sp³-hybridized carbons (Fsp3) is 0.474. The molecular weight excluding hydrogens is 375 g/mol. The number of carbonyl (C=O) groups is 2. The summed E-state index contributed by atoms with van der Waals surface area (Å²) in [6, 6.07) is 2.85. The van der Waals surface area contributed by atoms with Crippen LogP contribution in [0.4, 0.5) is 9.18 Å². The second-order valence-corrected chi connectivity index (χ2v) is 8.21. The number of carboxylic acid groups (broad SMARTS) is 1. The molecule has 1 atom stereocenters. The van der Waals surface area contributed by atoms with Crippen molar-refractivity contribution in [1.82, 2.24) is 9.88 Å². The van der Waals surface area contributed by atoms with Gasteiger partial charge in [-0.05, 0) is 51.3 Å². The highest BCUT2D eigenvalue weighted by molar-refractivity contribution is 6.35. The standard InChI is InChI=1S/C19H22ClFN2O4/c1-19(2,3)27-18(26)23-6-4-5-10(9-23)11-7-13(20)12-8-14(17(24)25)22-16(12)15(11)21/h7-8,10,22H,4-6,9H2,1-3H3,(H,24,25). The molecule has 1 aliphatic heterocycles. The van der Waals surface area contributed by atoms with Gasteiger partial charge in [-0.3, -0.25) is 0 Å². The maximum Gasteiger partial charge on any atom is 0.410 e. The number of fused-ring (bicyclic) bond motifs is 1. The van der Waals surface area contributed by atoms with Crippen molar-refractivity contribution in [3.8, 4) is 0 Å². The normalized spacial score (nSPS) is 18.0. The highest BCUT2D eigenvalue weighted by Gasteiger charge is 2.30. The zero-order valence-electron chi connectivity index (χ0n) is 15.4. The number of hydrogen-bond donors (Lipinski definition) is 2. The van der Waals surface area contributed by atoms with Gasteiger partial charge in [0.05, 0.1) is 10.5 Å². The van der Waals surface area contributed by atoms with Gasteiger partial charge in [0, 0.05) is 24.4 Å². The quantitative estimate of drug-likeness (QED) is 0.765. The maximum absolute atomic E-state index is 15.1. The van der Waals surface area contributed by atoms with Gasteiger partial charge in [-0.25, -0.2) is 14.0 Å². The van der Waals surface area contributed by atoms with E-state index in [0.717, 1.165) is 0 Å². The van der Waals surface area contributed by atoms with Crippen LogP contribution in [0.1, 0.15) is 55.6 Å². The number of amides is 1. The van der Waals surface area contributed by atoms with Crippen LogP contribution in [-0.2, 0) is 4.74 Å². The van der Waals surface area contributed by atoms with Crippen molar-refractivity contribution >= 4 is 34.6 Å². The molecule has 0 radical (unpaired) electrons. The van der Waals surface area contributed by atoms with Crippen molar-refractivity contribution in [3.63, 3.8) is 0 Å². The lowest BCUT2D eigenvalue weighted by Crippen LogP contribution is -2.42. The summed E-state index contributed by atoms with van der Waals surface area (Å²) in [7, 11) is 0. The van der Waals surface area contributed by atoms with Crippen LogP contribution >= 0.6 is 11.6 Å². The second kappa shape index (κ2) is 7.03. The minimum atomic E-state index is -1.18. The predicted molar refractivity (Wildman–Crippen MR) is 100 cm³/mol. The van der Waals surface area contributed by atoms with E-state index in [-0.39, 0.29) is 22.2 Å². The van der Waals surface area contributed by atoms with Crippen LogP contribution in [0.25, 0.3) is 10.9 Å². The number of aromatic nitrogens is 1. The second-order valence-electron chi connectivity index (χ2n) is 7.80. The molecule has 1 saturated heterocycles. The number of ether oxygens (including phenoxy) is 1. The molecule has 0 spiro atoms. The summed E-state index contributed by atoms with van der Waals surface area (Å²) in [5.41, 5.74) is -0.277. The summed E-state index contributed by atoms with van der Waals surface area (Å²) in [5.74, 6) is -1.96. The van der Waals surface area contributed by atoms with E-state index in [4.69, 9.17) is 21.4 Å². The number of aromatic carboxylic acids is 1. The molecule has 2 N–H and O–H groups in total. The molecule has 1 aliphatic rings. The van der Waals surface area contributed by atoms with Crippen molar-refractivity contribution < 1.29 is 23.8 Å². The third-order valence-corrected chi connectivity index (χ3v) is 4.89. The Balaban J connectivity index is 1.91. The highest BCUT2D eigenvalue weighted by Crippen LogP contribution is 2.36. The molecule has 1 aromatic heterocycles. The summed E-state index contributed by atoms with van der Waals surface area (Å²) in [6.07, 6.45) is 0.988. The first kappa shape index (κ1) is 19.5. The molecular formula is C19H22ClFN2O4. The molecule has 1 unspecified atom stereocenters. The van der Waals surface area contributed by atoms with Gasteiger partial charge in [-0.1, -0.05) is 11.6 Å². The minimum absolute atomic E-state index is 0.0734. The van der Waals surface area contributed by atoms with Gasteiger partial charge in [-0.15, -0.1) is 0 Å². The molecule has 0 saturated carbocycles. The number of H-pyrrole nitrogens is 1. The predicted octanol–water partition coefficient (Wildman–Crippen LogP) is 4.77. The molecule has 6 nitrogen and oxygen atoms in total. The third-order valence-electron chi connectivity index (χ3n) is 4.57. The van der Waals surface area contributed by atoms with Gasteiger partial charge in [-0.2, -0.15) is 0 Å².